The second-order valence-corrected chi connectivity index (χ2v) is 9.23. The fraction of sp³-hybridized carbons (Fsp3) is 0.667. The van der Waals surface area contributed by atoms with E-state index in [-0.39, 0.29) is 5.91 Å². The van der Waals surface area contributed by atoms with Crippen molar-refractivity contribution in [2.75, 3.05) is 13.7 Å². The standard InChI is InChI=1S/C24H38N2O5/c1-17(30-16-19-9-7-6-8-10-19)21(26-23(28)31-24(2,3)4)22(27)25-15-18-11-13-20(29-5)14-12-18/h11-14,17,19,21H,6-10,15-16H2,1-5H3,(H,25,27)(H,26,28)/t17-,21+/m0/s1. The lowest BCUT2D eigenvalue weighted by molar-refractivity contribution is -0.127. The molecule has 7 heteroatoms. The summed E-state index contributed by atoms with van der Waals surface area (Å²) in [5.74, 6) is 0.961. The molecule has 1 aromatic rings. The topological polar surface area (TPSA) is 85.9 Å². The van der Waals surface area contributed by atoms with Gasteiger partial charge in [0.25, 0.3) is 0 Å². The predicted octanol–water partition coefficient (Wildman–Crippen LogP) is 4.19. The predicted molar refractivity (Wildman–Crippen MR) is 120 cm³/mol. The van der Waals surface area contributed by atoms with E-state index in [2.05, 4.69) is 10.6 Å². The molecule has 1 saturated carbocycles. The summed E-state index contributed by atoms with van der Waals surface area (Å²) in [6.07, 6.45) is 4.92. The summed E-state index contributed by atoms with van der Waals surface area (Å²) >= 11 is 0. The molecule has 31 heavy (non-hydrogen) atoms. The zero-order valence-electron chi connectivity index (χ0n) is 19.5. The maximum Gasteiger partial charge on any atom is 0.408 e. The van der Waals surface area contributed by atoms with Gasteiger partial charge in [-0.15, -0.1) is 0 Å². The molecular formula is C24H38N2O5. The summed E-state index contributed by atoms with van der Waals surface area (Å²) in [6, 6.07) is 6.61. The Morgan fingerprint density at radius 1 is 1.10 bits per heavy atom. The van der Waals surface area contributed by atoms with Gasteiger partial charge in [-0.05, 0) is 64.2 Å². The molecule has 0 aromatic heterocycles. The van der Waals surface area contributed by atoms with Crippen molar-refractivity contribution in [2.24, 2.45) is 5.92 Å². The number of hydrogen-bond acceptors (Lipinski definition) is 5. The Morgan fingerprint density at radius 3 is 2.32 bits per heavy atom. The molecular weight excluding hydrogens is 396 g/mol. The SMILES string of the molecule is COc1ccc(CNC(=O)[C@H](NC(=O)OC(C)(C)C)[C@H](C)OCC2CCCCC2)cc1. The molecule has 7 nitrogen and oxygen atoms in total. The van der Waals surface area contributed by atoms with Crippen molar-refractivity contribution in [3.05, 3.63) is 29.8 Å². The van der Waals surface area contributed by atoms with Crippen molar-refractivity contribution >= 4 is 12.0 Å². The summed E-state index contributed by atoms with van der Waals surface area (Å²) in [7, 11) is 1.61. The summed E-state index contributed by atoms with van der Waals surface area (Å²) in [5.41, 5.74) is 0.279. The second kappa shape index (κ2) is 11.9. The van der Waals surface area contributed by atoms with Crippen molar-refractivity contribution in [3.8, 4) is 5.75 Å². The molecule has 1 aromatic carbocycles. The molecule has 0 unspecified atom stereocenters. The highest BCUT2D eigenvalue weighted by Crippen LogP contribution is 2.24. The van der Waals surface area contributed by atoms with E-state index < -0.39 is 23.8 Å². The molecule has 0 heterocycles. The summed E-state index contributed by atoms with van der Waals surface area (Å²) in [6.45, 7) is 8.11. The van der Waals surface area contributed by atoms with E-state index in [0.29, 0.717) is 19.1 Å². The van der Waals surface area contributed by atoms with Gasteiger partial charge in [-0.1, -0.05) is 31.4 Å². The van der Waals surface area contributed by atoms with Gasteiger partial charge in [-0.3, -0.25) is 4.79 Å². The number of ether oxygens (including phenoxy) is 3. The lowest BCUT2D eigenvalue weighted by Gasteiger charge is -2.29. The molecule has 2 rings (SSSR count). The van der Waals surface area contributed by atoms with Gasteiger partial charge >= 0.3 is 6.09 Å². The van der Waals surface area contributed by atoms with Crippen LogP contribution in [-0.2, 0) is 20.8 Å². The maximum absolute atomic E-state index is 12.9. The van der Waals surface area contributed by atoms with E-state index in [9.17, 15) is 9.59 Å². The van der Waals surface area contributed by atoms with Crippen LogP contribution in [0.1, 0.15) is 65.4 Å². The van der Waals surface area contributed by atoms with Crippen molar-refractivity contribution in [1.29, 1.82) is 0 Å². The molecule has 0 aliphatic heterocycles. The van der Waals surface area contributed by atoms with E-state index in [0.717, 1.165) is 24.2 Å². The van der Waals surface area contributed by atoms with Crippen molar-refractivity contribution in [1.82, 2.24) is 10.6 Å². The van der Waals surface area contributed by atoms with Gasteiger partial charge in [0.15, 0.2) is 0 Å². The minimum atomic E-state index is -0.850. The quantitative estimate of drug-likeness (QED) is 0.609. The summed E-state index contributed by atoms with van der Waals surface area (Å²) in [4.78, 5) is 25.3. The number of nitrogens with one attached hydrogen (secondary N) is 2. The number of carbonyl (C=O) groups excluding carboxylic acids is 2. The first-order valence-electron chi connectivity index (χ1n) is 11.2. The molecule has 0 saturated heterocycles. The Bertz CT molecular complexity index is 693. The first-order valence-corrected chi connectivity index (χ1v) is 11.2. The minimum absolute atomic E-state index is 0.308. The van der Waals surface area contributed by atoms with E-state index >= 15 is 0 Å². The Balaban J connectivity index is 1.97. The molecule has 1 aliphatic carbocycles. The fourth-order valence-electron chi connectivity index (χ4n) is 3.61. The maximum atomic E-state index is 12.9. The lowest BCUT2D eigenvalue weighted by atomic mass is 9.90. The van der Waals surface area contributed by atoms with Crippen molar-refractivity contribution < 1.29 is 23.8 Å². The second-order valence-electron chi connectivity index (χ2n) is 9.23. The van der Waals surface area contributed by atoms with Gasteiger partial charge in [-0.25, -0.2) is 4.79 Å². The van der Waals surface area contributed by atoms with Crippen LogP contribution in [0, 0.1) is 5.92 Å². The number of amides is 2. The molecule has 0 bridgehead atoms. The third-order valence-electron chi connectivity index (χ3n) is 5.37. The van der Waals surface area contributed by atoms with E-state index in [4.69, 9.17) is 14.2 Å². The largest absolute Gasteiger partial charge is 0.497 e. The zero-order valence-corrected chi connectivity index (χ0v) is 19.5. The third-order valence-corrected chi connectivity index (χ3v) is 5.37. The van der Waals surface area contributed by atoms with Crippen LogP contribution >= 0.6 is 0 Å². The molecule has 174 valence electrons. The monoisotopic (exact) mass is 434 g/mol. The molecule has 2 N–H and O–H groups in total. The molecule has 2 atom stereocenters. The number of benzene rings is 1. The van der Waals surface area contributed by atoms with Crippen LogP contribution in [0.2, 0.25) is 0 Å². The Labute approximate surface area is 186 Å². The first-order chi connectivity index (χ1) is 14.7. The Kier molecular flexibility index (Phi) is 9.62. The summed E-state index contributed by atoms with van der Waals surface area (Å²) in [5, 5.41) is 5.59. The van der Waals surface area contributed by atoms with Gasteiger partial charge in [0.05, 0.1) is 13.2 Å². The zero-order chi connectivity index (χ0) is 22.9. The number of hydrogen-bond donors (Lipinski definition) is 2. The van der Waals surface area contributed by atoms with Crippen LogP contribution < -0.4 is 15.4 Å². The van der Waals surface area contributed by atoms with Crippen LogP contribution in [0.5, 0.6) is 5.75 Å². The van der Waals surface area contributed by atoms with Crippen LogP contribution in [0.3, 0.4) is 0 Å². The van der Waals surface area contributed by atoms with Gasteiger partial charge in [0.1, 0.15) is 17.4 Å². The average molecular weight is 435 g/mol. The third kappa shape index (κ3) is 9.17. The molecule has 0 spiro atoms. The van der Waals surface area contributed by atoms with Crippen LogP contribution in [0.4, 0.5) is 4.79 Å². The number of methoxy groups -OCH3 is 1. The normalized spacial score (nSPS) is 16.8. The number of rotatable bonds is 9. The van der Waals surface area contributed by atoms with Crippen molar-refractivity contribution in [2.45, 2.75) is 84.1 Å². The van der Waals surface area contributed by atoms with Gasteiger partial charge in [-0.2, -0.15) is 0 Å². The number of alkyl carbamates (subject to hydrolysis) is 1. The molecule has 1 aliphatic rings. The van der Waals surface area contributed by atoms with Gasteiger partial charge in [0, 0.05) is 13.2 Å². The molecule has 1 fully saturated rings. The lowest BCUT2D eigenvalue weighted by Crippen LogP contribution is -2.54. The molecule has 0 radical (unpaired) electrons. The van der Waals surface area contributed by atoms with E-state index in [1.54, 1.807) is 27.9 Å². The van der Waals surface area contributed by atoms with Crippen molar-refractivity contribution in [3.63, 3.8) is 0 Å². The smallest absolute Gasteiger partial charge is 0.408 e. The molecule has 2 amide bonds. The van der Waals surface area contributed by atoms with Gasteiger partial charge < -0.3 is 24.8 Å². The summed E-state index contributed by atoms with van der Waals surface area (Å²) < 4.78 is 16.5. The number of carbonyl (C=O) groups is 2. The van der Waals surface area contributed by atoms with Gasteiger partial charge in [0.2, 0.25) is 5.91 Å². The fourth-order valence-corrected chi connectivity index (χ4v) is 3.61. The first kappa shape index (κ1) is 25.0. The average Bonchev–Trinajstić information content (AvgIpc) is 2.74. The Morgan fingerprint density at radius 2 is 1.74 bits per heavy atom. The highest BCUT2D eigenvalue weighted by molar-refractivity contribution is 5.86. The highest BCUT2D eigenvalue weighted by Gasteiger charge is 2.30. The Hall–Kier alpha value is -2.28. The van der Waals surface area contributed by atoms with Crippen LogP contribution in [0.15, 0.2) is 24.3 Å². The minimum Gasteiger partial charge on any atom is -0.497 e. The van der Waals surface area contributed by atoms with Crippen LogP contribution in [0.25, 0.3) is 0 Å². The highest BCUT2D eigenvalue weighted by atomic mass is 16.6. The van der Waals surface area contributed by atoms with E-state index in [1.807, 2.05) is 31.2 Å². The van der Waals surface area contributed by atoms with E-state index in [1.165, 1.54) is 19.3 Å². The van der Waals surface area contributed by atoms with Crippen LogP contribution in [-0.4, -0.2) is 43.5 Å².